The smallest absolute Gasteiger partial charge is 0.331 e. The van der Waals surface area contributed by atoms with Gasteiger partial charge in [-0.25, -0.2) is 13.6 Å². The second kappa shape index (κ2) is 5.70. The van der Waals surface area contributed by atoms with Crippen LogP contribution in [-0.4, -0.2) is 26.8 Å². The largest absolute Gasteiger partial charge is 0.479 e. The summed E-state index contributed by atoms with van der Waals surface area (Å²) in [7, 11) is 1.59. The van der Waals surface area contributed by atoms with Gasteiger partial charge in [-0.15, -0.1) is 0 Å². The lowest BCUT2D eigenvalue weighted by Crippen LogP contribution is -2.34. The molecule has 8 heteroatoms. The Kier molecular flexibility index (Phi) is 3.97. The number of carbonyl (C=O) groups is 2. The van der Waals surface area contributed by atoms with E-state index in [-0.39, 0.29) is 5.56 Å². The average molecular weight is 295 g/mol. The molecule has 1 aromatic carbocycles. The minimum atomic E-state index is -1.38. The zero-order valence-electron chi connectivity index (χ0n) is 10.9. The number of benzene rings is 1. The second-order valence-electron chi connectivity index (χ2n) is 4.32. The van der Waals surface area contributed by atoms with Gasteiger partial charge in [0, 0.05) is 24.9 Å². The van der Waals surface area contributed by atoms with E-state index >= 15 is 0 Å². The van der Waals surface area contributed by atoms with Crippen LogP contribution >= 0.6 is 0 Å². The van der Waals surface area contributed by atoms with E-state index in [2.05, 4.69) is 10.4 Å². The molecule has 6 nitrogen and oxygen atoms in total. The standard InChI is InChI=1S/C13H11F2N3O3/c1-18-6-7(5-16-18)11(13(20)21)17-12(19)9-3-2-8(14)4-10(9)15/h2-6,11H,1H3,(H,17,19)(H,20,21). The number of aliphatic carboxylic acids is 1. The Morgan fingerprint density at radius 3 is 2.62 bits per heavy atom. The average Bonchev–Trinajstić information content (AvgIpc) is 2.81. The zero-order valence-corrected chi connectivity index (χ0v) is 10.9. The van der Waals surface area contributed by atoms with Crippen molar-refractivity contribution in [2.24, 2.45) is 7.05 Å². The van der Waals surface area contributed by atoms with E-state index in [9.17, 15) is 18.4 Å². The molecule has 1 aromatic heterocycles. The summed E-state index contributed by atoms with van der Waals surface area (Å²) < 4.78 is 27.7. The maximum atomic E-state index is 13.5. The third kappa shape index (κ3) is 3.22. The molecule has 1 unspecified atom stereocenters. The molecule has 0 spiro atoms. The van der Waals surface area contributed by atoms with Crippen molar-refractivity contribution in [2.45, 2.75) is 6.04 Å². The Balaban J connectivity index is 2.25. The van der Waals surface area contributed by atoms with E-state index in [1.165, 1.54) is 17.1 Å². The van der Waals surface area contributed by atoms with Crippen molar-refractivity contribution in [2.75, 3.05) is 0 Å². The monoisotopic (exact) mass is 295 g/mol. The molecular formula is C13H11F2N3O3. The third-order valence-electron chi connectivity index (χ3n) is 2.76. The van der Waals surface area contributed by atoms with E-state index in [0.717, 1.165) is 12.1 Å². The molecule has 0 aliphatic carbocycles. The van der Waals surface area contributed by atoms with Crippen LogP contribution in [0.2, 0.25) is 0 Å². The number of carbonyl (C=O) groups excluding carboxylic acids is 1. The molecule has 2 N–H and O–H groups in total. The molecule has 1 atom stereocenters. The number of aryl methyl sites for hydroxylation is 1. The Hall–Kier alpha value is -2.77. The Morgan fingerprint density at radius 1 is 1.38 bits per heavy atom. The maximum absolute atomic E-state index is 13.5. The van der Waals surface area contributed by atoms with Gasteiger partial charge in [-0.2, -0.15) is 5.10 Å². The molecular weight excluding hydrogens is 284 g/mol. The van der Waals surface area contributed by atoms with Crippen LogP contribution in [0.15, 0.2) is 30.6 Å². The minimum Gasteiger partial charge on any atom is -0.479 e. The zero-order chi connectivity index (χ0) is 15.6. The van der Waals surface area contributed by atoms with Crippen LogP contribution in [0.25, 0.3) is 0 Å². The fourth-order valence-corrected chi connectivity index (χ4v) is 1.76. The number of halogens is 2. The number of hydrogen-bond acceptors (Lipinski definition) is 3. The summed E-state index contributed by atoms with van der Waals surface area (Å²) >= 11 is 0. The molecule has 110 valence electrons. The van der Waals surface area contributed by atoms with Crippen molar-refractivity contribution < 1.29 is 23.5 Å². The van der Waals surface area contributed by atoms with Crippen molar-refractivity contribution in [3.63, 3.8) is 0 Å². The second-order valence-corrected chi connectivity index (χ2v) is 4.32. The molecule has 21 heavy (non-hydrogen) atoms. The first-order valence-electron chi connectivity index (χ1n) is 5.85. The van der Waals surface area contributed by atoms with Gasteiger partial charge in [-0.05, 0) is 12.1 Å². The summed E-state index contributed by atoms with van der Waals surface area (Å²) in [4.78, 5) is 23.1. The molecule has 0 fully saturated rings. The van der Waals surface area contributed by atoms with Crippen LogP contribution < -0.4 is 5.32 Å². The molecule has 0 saturated heterocycles. The van der Waals surface area contributed by atoms with Crippen molar-refractivity contribution in [1.29, 1.82) is 0 Å². The fourth-order valence-electron chi connectivity index (χ4n) is 1.76. The number of nitrogens with one attached hydrogen (secondary N) is 1. The highest BCUT2D eigenvalue weighted by atomic mass is 19.1. The van der Waals surface area contributed by atoms with Gasteiger partial charge < -0.3 is 10.4 Å². The molecule has 0 bridgehead atoms. The Bertz CT molecular complexity index is 700. The first kappa shape index (κ1) is 14.6. The lowest BCUT2D eigenvalue weighted by Gasteiger charge is -2.13. The van der Waals surface area contributed by atoms with Gasteiger partial charge in [0.15, 0.2) is 6.04 Å². The van der Waals surface area contributed by atoms with Gasteiger partial charge in [-0.3, -0.25) is 9.48 Å². The summed E-state index contributed by atoms with van der Waals surface area (Å²) in [5, 5.41) is 15.1. The van der Waals surface area contributed by atoms with Gasteiger partial charge in [0.2, 0.25) is 0 Å². The minimum absolute atomic E-state index is 0.237. The number of amides is 1. The number of hydrogen-bond donors (Lipinski definition) is 2. The van der Waals surface area contributed by atoms with Crippen molar-refractivity contribution in [1.82, 2.24) is 15.1 Å². The molecule has 1 heterocycles. The summed E-state index contributed by atoms with van der Waals surface area (Å²) in [6, 6.07) is 1.03. The van der Waals surface area contributed by atoms with Gasteiger partial charge in [0.05, 0.1) is 11.8 Å². The maximum Gasteiger partial charge on any atom is 0.331 e. The SMILES string of the molecule is Cn1cc(C(NC(=O)c2ccc(F)cc2F)C(=O)O)cn1. The number of nitrogens with zero attached hydrogens (tertiary/aromatic N) is 2. The molecule has 2 aromatic rings. The van der Waals surface area contributed by atoms with E-state index in [4.69, 9.17) is 5.11 Å². The molecule has 2 rings (SSSR count). The third-order valence-corrected chi connectivity index (χ3v) is 2.76. The normalized spacial score (nSPS) is 12.0. The molecule has 0 saturated carbocycles. The van der Waals surface area contributed by atoms with Gasteiger partial charge in [0.1, 0.15) is 11.6 Å². The van der Waals surface area contributed by atoms with Gasteiger partial charge in [0.25, 0.3) is 5.91 Å². The van der Waals surface area contributed by atoms with Crippen molar-refractivity contribution >= 4 is 11.9 Å². The van der Waals surface area contributed by atoms with Crippen LogP contribution in [0.1, 0.15) is 22.0 Å². The van der Waals surface area contributed by atoms with E-state index < -0.39 is 35.1 Å². The number of carboxylic acid groups (broad SMARTS) is 1. The predicted octanol–water partition coefficient (Wildman–Crippen LogP) is 1.25. The van der Waals surface area contributed by atoms with Crippen molar-refractivity contribution in [3.05, 3.63) is 53.4 Å². The van der Waals surface area contributed by atoms with Crippen LogP contribution in [0.3, 0.4) is 0 Å². The van der Waals surface area contributed by atoms with Crippen LogP contribution in [0.5, 0.6) is 0 Å². The van der Waals surface area contributed by atoms with E-state index in [1.807, 2.05) is 0 Å². The lowest BCUT2D eigenvalue weighted by atomic mass is 10.1. The number of rotatable bonds is 4. The topological polar surface area (TPSA) is 84.2 Å². The first-order chi connectivity index (χ1) is 9.88. The number of carboxylic acids is 1. The van der Waals surface area contributed by atoms with Crippen LogP contribution in [0, 0.1) is 11.6 Å². The van der Waals surface area contributed by atoms with E-state index in [1.54, 1.807) is 7.05 Å². The summed E-state index contributed by atoms with van der Waals surface area (Å²) in [6.07, 6.45) is 2.69. The predicted molar refractivity (Wildman–Crippen MR) is 67.4 cm³/mol. The fraction of sp³-hybridized carbons (Fsp3) is 0.154. The molecule has 1 amide bonds. The highest BCUT2D eigenvalue weighted by molar-refractivity contribution is 5.97. The summed E-state index contributed by atoms with van der Waals surface area (Å²) in [5.41, 5.74) is -0.201. The molecule has 0 aliphatic heterocycles. The summed E-state index contributed by atoms with van der Waals surface area (Å²) in [5.74, 6) is -4.17. The Labute approximate surface area is 118 Å². The van der Waals surface area contributed by atoms with Gasteiger partial charge >= 0.3 is 5.97 Å². The number of aromatic nitrogens is 2. The first-order valence-corrected chi connectivity index (χ1v) is 5.85. The van der Waals surface area contributed by atoms with Gasteiger partial charge in [-0.1, -0.05) is 0 Å². The van der Waals surface area contributed by atoms with Crippen LogP contribution in [0.4, 0.5) is 8.78 Å². The van der Waals surface area contributed by atoms with Crippen LogP contribution in [-0.2, 0) is 11.8 Å². The molecule has 0 aliphatic rings. The highest BCUT2D eigenvalue weighted by Gasteiger charge is 2.25. The summed E-state index contributed by atoms with van der Waals surface area (Å²) in [6.45, 7) is 0. The quantitative estimate of drug-likeness (QED) is 0.889. The molecule has 0 radical (unpaired) electrons. The Morgan fingerprint density at radius 2 is 2.10 bits per heavy atom. The lowest BCUT2D eigenvalue weighted by molar-refractivity contribution is -0.139. The van der Waals surface area contributed by atoms with Crippen molar-refractivity contribution in [3.8, 4) is 0 Å². The highest BCUT2D eigenvalue weighted by Crippen LogP contribution is 2.15. The van der Waals surface area contributed by atoms with E-state index in [0.29, 0.717) is 6.07 Å².